The van der Waals surface area contributed by atoms with Crippen molar-refractivity contribution in [3.05, 3.63) is 24.3 Å². The van der Waals surface area contributed by atoms with Gasteiger partial charge < -0.3 is 15.5 Å². The molecule has 9 nitrogen and oxygen atoms in total. The van der Waals surface area contributed by atoms with Crippen LogP contribution in [0.4, 0.5) is 5.69 Å². The first-order chi connectivity index (χ1) is 14.9. The summed E-state index contributed by atoms with van der Waals surface area (Å²) < 4.78 is 26.6. The van der Waals surface area contributed by atoms with Crippen molar-refractivity contribution < 1.29 is 22.8 Å². The average molecular weight is 467 g/mol. The number of nitrogens with one attached hydrogen (secondary N) is 2. The maximum absolute atomic E-state index is 12.8. The molecule has 10 heteroatoms. The first-order valence-electron chi connectivity index (χ1n) is 10.8. The smallest absolute Gasteiger partial charge is 0.243 e. The first kappa shape index (κ1) is 25.8. The molecule has 1 atom stereocenters. The van der Waals surface area contributed by atoms with E-state index >= 15 is 0 Å². The highest BCUT2D eigenvalue weighted by molar-refractivity contribution is 7.89. The Morgan fingerprint density at radius 1 is 1.09 bits per heavy atom. The van der Waals surface area contributed by atoms with E-state index in [0.29, 0.717) is 37.5 Å². The summed E-state index contributed by atoms with van der Waals surface area (Å²) in [6.45, 7) is 8.01. The van der Waals surface area contributed by atoms with E-state index in [-0.39, 0.29) is 41.1 Å². The van der Waals surface area contributed by atoms with E-state index in [2.05, 4.69) is 10.6 Å². The Kier molecular flexibility index (Phi) is 8.80. The molecule has 0 saturated carbocycles. The second-order valence-corrected chi connectivity index (χ2v) is 10.7. The summed E-state index contributed by atoms with van der Waals surface area (Å²) in [5.74, 6) is -0.316. The van der Waals surface area contributed by atoms with Gasteiger partial charge in [-0.1, -0.05) is 13.8 Å². The van der Waals surface area contributed by atoms with E-state index < -0.39 is 10.0 Å². The molecule has 0 bridgehead atoms. The van der Waals surface area contributed by atoms with Crippen molar-refractivity contribution in [1.29, 1.82) is 0 Å². The van der Waals surface area contributed by atoms with E-state index in [1.807, 2.05) is 20.8 Å². The van der Waals surface area contributed by atoms with Gasteiger partial charge in [-0.15, -0.1) is 0 Å². The summed E-state index contributed by atoms with van der Waals surface area (Å²) in [5.41, 5.74) is 0.491. The van der Waals surface area contributed by atoms with Gasteiger partial charge in [-0.3, -0.25) is 14.4 Å². The van der Waals surface area contributed by atoms with Crippen molar-refractivity contribution >= 4 is 33.4 Å². The lowest BCUT2D eigenvalue weighted by Crippen LogP contribution is -2.48. The number of sulfonamides is 1. The van der Waals surface area contributed by atoms with Crippen LogP contribution in [0.15, 0.2) is 29.2 Å². The molecule has 0 radical (unpaired) electrons. The zero-order valence-corrected chi connectivity index (χ0v) is 20.2. The van der Waals surface area contributed by atoms with Crippen LogP contribution in [0.3, 0.4) is 0 Å². The summed E-state index contributed by atoms with van der Waals surface area (Å²) in [6, 6.07) is 5.88. The minimum absolute atomic E-state index is 0.0145. The highest BCUT2D eigenvalue weighted by Gasteiger charge is 2.30. The Bertz CT molecular complexity index is 922. The van der Waals surface area contributed by atoms with Gasteiger partial charge in [0, 0.05) is 44.7 Å². The molecule has 2 N–H and O–H groups in total. The Morgan fingerprint density at radius 2 is 1.66 bits per heavy atom. The van der Waals surface area contributed by atoms with E-state index in [1.54, 1.807) is 4.90 Å². The summed E-state index contributed by atoms with van der Waals surface area (Å²) in [4.78, 5) is 37.8. The number of carbonyl (C=O) groups excluding carboxylic acids is 3. The highest BCUT2D eigenvalue weighted by Crippen LogP contribution is 2.20. The Morgan fingerprint density at radius 3 is 2.16 bits per heavy atom. The molecule has 1 fully saturated rings. The van der Waals surface area contributed by atoms with Gasteiger partial charge in [-0.2, -0.15) is 4.31 Å². The van der Waals surface area contributed by atoms with Crippen LogP contribution in [0.2, 0.25) is 0 Å². The predicted octanol–water partition coefficient (Wildman–Crippen LogP) is 1.66. The fourth-order valence-electron chi connectivity index (χ4n) is 3.37. The Labute approximate surface area is 190 Å². The number of amides is 3. The Balaban J connectivity index is 1.91. The third-order valence-electron chi connectivity index (χ3n) is 5.83. The molecule has 1 heterocycles. The second-order valence-electron chi connectivity index (χ2n) is 8.66. The molecule has 1 aliphatic rings. The molecule has 1 unspecified atom stereocenters. The van der Waals surface area contributed by atoms with Gasteiger partial charge in [0.05, 0.1) is 11.4 Å². The number of carbonyl (C=O) groups is 3. The zero-order chi connectivity index (χ0) is 24.1. The number of benzene rings is 1. The summed E-state index contributed by atoms with van der Waals surface area (Å²) in [7, 11) is -2.49. The topological polar surface area (TPSA) is 116 Å². The predicted molar refractivity (Wildman–Crippen MR) is 122 cm³/mol. The van der Waals surface area contributed by atoms with Gasteiger partial charge in [0.25, 0.3) is 0 Å². The number of likely N-dealkylation sites (tertiary alicyclic amines) is 1. The standard InChI is InChI=1S/C22H34N4O5S/c1-15(2)16(3)23-22(29)18-10-12-26(13-11-18)21(28)14-25(5)32(30,31)20-8-6-19(7-9-20)24-17(4)27/h6-9,15-16,18H,10-14H2,1-5H3,(H,23,29)(H,24,27). The van der Waals surface area contributed by atoms with E-state index in [1.165, 1.54) is 38.2 Å². The van der Waals surface area contributed by atoms with Gasteiger partial charge in [0.1, 0.15) is 0 Å². The van der Waals surface area contributed by atoms with E-state index in [9.17, 15) is 22.8 Å². The molecule has 1 aromatic carbocycles. The minimum atomic E-state index is -3.85. The van der Waals surface area contributed by atoms with Crippen molar-refractivity contribution in [2.45, 2.75) is 51.5 Å². The molecular weight excluding hydrogens is 432 g/mol. The molecule has 32 heavy (non-hydrogen) atoms. The molecular formula is C22H34N4O5S. The SMILES string of the molecule is CC(=O)Nc1ccc(S(=O)(=O)N(C)CC(=O)N2CCC(C(=O)NC(C)C(C)C)CC2)cc1. The largest absolute Gasteiger partial charge is 0.353 e. The van der Waals surface area contributed by atoms with Gasteiger partial charge in [-0.25, -0.2) is 8.42 Å². The number of rotatable bonds is 8. The molecule has 0 aliphatic carbocycles. The summed E-state index contributed by atoms with van der Waals surface area (Å²) in [5, 5.41) is 5.60. The monoisotopic (exact) mass is 466 g/mol. The Hall–Kier alpha value is -2.46. The van der Waals surface area contributed by atoms with Gasteiger partial charge in [-0.05, 0) is 49.9 Å². The van der Waals surface area contributed by atoms with Crippen LogP contribution in [0.1, 0.15) is 40.5 Å². The van der Waals surface area contributed by atoms with Gasteiger partial charge in [0.2, 0.25) is 27.7 Å². The van der Waals surface area contributed by atoms with Crippen LogP contribution in [-0.4, -0.2) is 68.1 Å². The number of anilines is 1. The maximum atomic E-state index is 12.8. The minimum Gasteiger partial charge on any atom is -0.353 e. The molecule has 178 valence electrons. The van der Waals surface area contributed by atoms with Crippen LogP contribution >= 0.6 is 0 Å². The summed E-state index contributed by atoms with van der Waals surface area (Å²) >= 11 is 0. The van der Waals surface area contributed by atoms with Crippen LogP contribution in [0.5, 0.6) is 0 Å². The fourth-order valence-corrected chi connectivity index (χ4v) is 4.49. The van der Waals surface area contributed by atoms with Gasteiger partial charge in [0.15, 0.2) is 0 Å². The number of hydrogen-bond donors (Lipinski definition) is 2. The third-order valence-corrected chi connectivity index (χ3v) is 7.65. The second kappa shape index (κ2) is 10.9. The average Bonchev–Trinajstić information content (AvgIpc) is 2.73. The molecule has 1 aliphatic heterocycles. The van der Waals surface area contributed by atoms with E-state index in [4.69, 9.17) is 0 Å². The number of nitrogens with zero attached hydrogens (tertiary/aromatic N) is 2. The molecule has 1 aromatic rings. The normalized spacial score (nSPS) is 16.2. The number of piperidine rings is 1. The zero-order valence-electron chi connectivity index (χ0n) is 19.4. The number of hydrogen-bond acceptors (Lipinski definition) is 5. The lowest BCUT2D eigenvalue weighted by atomic mass is 9.94. The van der Waals surface area contributed by atoms with Crippen molar-refractivity contribution in [3.63, 3.8) is 0 Å². The van der Waals surface area contributed by atoms with Crippen molar-refractivity contribution in [3.8, 4) is 0 Å². The van der Waals surface area contributed by atoms with Crippen LogP contribution in [-0.2, 0) is 24.4 Å². The lowest BCUT2D eigenvalue weighted by Gasteiger charge is -2.33. The quantitative estimate of drug-likeness (QED) is 0.605. The highest BCUT2D eigenvalue weighted by atomic mass is 32.2. The molecule has 1 saturated heterocycles. The van der Waals surface area contributed by atoms with Crippen molar-refractivity contribution in [2.24, 2.45) is 11.8 Å². The maximum Gasteiger partial charge on any atom is 0.243 e. The number of likely N-dealkylation sites (N-methyl/N-ethyl adjacent to an activating group) is 1. The van der Waals surface area contributed by atoms with Gasteiger partial charge >= 0.3 is 0 Å². The van der Waals surface area contributed by atoms with Crippen molar-refractivity contribution in [2.75, 3.05) is 32.0 Å². The first-order valence-corrected chi connectivity index (χ1v) is 12.3. The summed E-state index contributed by atoms with van der Waals surface area (Å²) in [6.07, 6.45) is 1.12. The van der Waals surface area contributed by atoms with Crippen molar-refractivity contribution in [1.82, 2.24) is 14.5 Å². The lowest BCUT2D eigenvalue weighted by molar-refractivity contribution is -0.135. The molecule has 0 spiro atoms. The molecule has 2 rings (SSSR count). The molecule has 0 aromatic heterocycles. The third kappa shape index (κ3) is 6.77. The van der Waals surface area contributed by atoms with Crippen LogP contribution < -0.4 is 10.6 Å². The van der Waals surface area contributed by atoms with Crippen LogP contribution in [0, 0.1) is 11.8 Å². The molecule has 3 amide bonds. The fraction of sp³-hybridized carbons (Fsp3) is 0.591. The van der Waals surface area contributed by atoms with Crippen LogP contribution in [0.25, 0.3) is 0 Å². The van der Waals surface area contributed by atoms with E-state index in [0.717, 1.165) is 4.31 Å².